The van der Waals surface area contributed by atoms with Crippen LogP contribution in [0.4, 0.5) is 0 Å². The normalized spacial score (nSPS) is 11.8. The third-order valence-electron chi connectivity index (χ3n) is 3.70. The summed E-state index contributed by atoms with van der Waals surface area (Å²) in [5, 5.41) is 11.2. The van der Waals surface area contributed by atoms with Crippen LogP contribution in [-0.2, 0) is 13.5 Å². The zero-order valence-electron chi connectivity index (χ0n) is 14.7. The van der Waals surface area contributed by atoms with E-state index in [0.717, 1.165) is 44.1 Å². The SMILES string of the molecule is CCNC(=NCCCCSC)NCCc1c(C)nn(C)c1C. The van der Waals surface area contributed by atoms with Crippen molar-refractivity contribution < 1.29 is 0 Å². The van der Waals surface area contributed by atoms with Gasteiger partial charge in [-0.05, 0) is 57.6 Å². The lowest BCUT2D eigenvalue weighted by Crippen LogP contribution is -2.38. The Morgan fingerprint density at radius 1 is 1.27 bits per heavy atom. The largest absolute Gasteiger partial charge is 0.357 e. The first kappa shape index (κ1) is 18.9. The van der Waals surface area contributed by atoms with E-state index >= 15 is 0 Å². The van der Waals surface area contributed by atoms with Gasteiger partial charge < -0.3 is 10.6 Å². The first-order valence-electron chi connectivity index (χ1n) is 8.10. The van der Waals surface area contributed by atoms with Crippen LogP contribution in [-0.4, -0.2) is 47.4 Å². The Morgan fingerprint density at radius 3 is 2.64 bits per heavy atom. The number of guanidine groups is 1. The van der Waals surface area contributed by atoms with Crippen molar-refractivity contribution in [3.8, 4) is 0 Å². The van der Waals surface area contributed by atoms with Crippen LogP contribution in [0.1, 0.15) is 36.7 Å². The number of nitrogens with one attached hydrogen (secondary N) is 2. The Kier molecular flexibility index (Phi) is 9.04. The van der Waals surface area contributed by atoms with Crippen LogP contribution in [0.5, 0.6) is 0 Å². The molecule has 0 fully saturated rings. The number of aliphatic imine (C=N–C) groups is 1. The molecule has 2 N–H and O–H groups in total. The van der Waals surface area contributed by atoms with Crippen LogP contribution in [0.25, 0.3) is 0 Å². The number of thioether (sulfide) groups is 1. The van der Waals surface area contributed by atoms with E-state index in [1.165, 1.54) is 23.4 Å². The molecule has 0 saturated carbocycles. The van der Waals surface area contributed by atoms with Crippen molar-refractivity contribution in [1.29, 1.82) is 0 Å². The van der Waals surface area contributed by atoms with Gasteiger partial charge in [-0.25, -0.2) is 0 Å². The Bertz CT molecular complexity index is 467. The summed E-state index contributed by atoms with van der Waals surface area (Å²) >= 11 is 1.90. The number of hydrogen-bond donors (Lipinski definition) is 2. The van der Waals surface area contributed by atoms with Crippen LogP contribution >= 0.6 is 11.8 Å². The fraction of sp³-hybridized carbons (Fsp3) is 0.750. The van der Waals surface area contributed by atoms with E-state index in [2.05, 4.69) is 47.8 Å². The molecule has 1 aromatic heterocycles. The summed E-state index contributed by atoms with van der Waals surface area (Å²) < 4.78 is 1.95. The summed E-state index contributed by atoms with van der Waals surface area (Å²) in [5.74, 6) is 2.14. The Morgan fingerprint density at radius 2 is 2.05 bits per heavy atom. The van der Waals surface area contributed by atoms with E-state index in [-0.39, 0.29) is 0 Å². The first-order valence-corrected chi connectivity index (χ1v) is 9.49. The molecule has 0 aliphatic rings. The molecule has 6 heteroatoms. The van der Waals surface area contributed by atoms with Gasteiger partial charge in [0, 0.05) is 32.4 Å². The molecule has 1 aromatic rings. The molecule has 0 aromatic carbocycles. The van der Waals surface area contributed by atoms with Gasteiger partial charge in [-0.3, -0.25) is 9.67 Å². The summed E-state index contributed by atoms with van der Waals surface area (Å²) in [6, 6.07) is 0. The topological polar surface area (TPSA) is 54.2 Å². The predicted molar refractivity (Wildman–Crippen MR) is 98.0 cm³/mol. The average molecular weight is 326 g/mol. The van der Waals surface area contributed by atoms with Crippen molar-refractivity contribution in [1.82, 2.24) is 20.4 Å². The fourth-order valence-electron chi connectivity index (χ4n) is 2.38. The third-order valence-corrected chi connectivity index (χ3v) is 4.39. The lowest BCUT2D eigenvalue weighted by Gasteiger charge is -2.11. The summed E-state index contributed by atoms with van der Waals surface area (Å²) in [5.41, 5.74) is 3.71. The van der Waals surface area contributed by atoms with Crippen molar-refractivity contribution >= 4 is 17.7 Å². The standard InChI is InChI=1S/C16H31N5S/c1-6-17-16(18-10-7-8-12-22-5)19-11-9-15-13(2)20-21(4)14(15)3/h6-12H2,1-5H3,(H2,17,18,19). The molecule has 0 spiro atoms. The van der Waals surface area contributed by atoms with Crippen LogP contribution in [0.2, 0.25) is 0 Å². The molecular formula is C16H31N5S. The summed E-state index contributed by atoms with van der Waals surface area (Å²) in [6.45, 7) is 8.96. The summed E-state index contributed by atoms with van der Waals surface area (Å²) in [6.07, 6.45) is 5.51. The minimum absolute atomic E-state index is 0.879. The van der Waals surface area contributed by atoms with Gasteiger partial charge in [-0.15, -0.1) is 0 Å². The Balaban J connectivity index is 2.41. The van der Waals surface area contributed by atoms with Crippen LogP contribution in [0, 0.1) is 13.8 Å². The highest BCUT2D eigenvalue weighted by atomic mass is 32.2. The van der Waals surface area contributed by atoms with Crippen LogP contribution < -0.4 is 10.6 Å². The molecular weight excluding hydrogens is 294 g/mol. The zero-order chi connectivity index (χ0) is 16.4. The zero-order valence-corrected chi connectivity index (χ0v) is 15.5. The summed E-state index contributed by atoms with van der Waals surface area (Å²) in [4.78, 5) is 4.63. The van der Waals surface area contributed by atoms with Crippen molar-refractivity contribution in [3.63, 3.8) is 0 Å². The van der Waals surface area contributed by atoms with Gasteiger partial charge in [0.2, 0.25) is 0 Å². The predicted octanol–water partition coefficient (Wildman–Crippen LogP) is 2.28. The van der Waals surface area contributed by atoms with E-state index in [0.29, 0.717) is 0 Å². The smallest absolute Gasteiger partial charge is 0.191 e. The molecule has 1 heterocycles. The quantitative estimate of drug-likeness (QED) is 0.415. The van der Waals surface area contributed by atoms with E-state index in [1.807, 2.05) is 23.5 Å². The number of unbranched alkanes of at least 4 members (excludes halogenated alkanes) is 1. The molecule has 22 heavy (non-hydrogen) atoms. The molecule has 0 aliphatic heterocycles. The van der Waals surface area contributed by atoms with E-state index in [4.69, 9.17) is 0 Å². The second-order valence-electron chi connectivity index (χ2n) is 5.41. The van der Waals surface area contributed by atoms with Gasteiger partial charge >= 0.3 is 0 Å². The monoisotopic (exact) mass is 325 g/mol. The highest BCUT2D eigenvalue weighted by molar-refractivity contribution is 7.98. The fourth-order valence-corrected chi connectivity index (χ4v) is 2.87. The van der Waals surface area contributed by atoms with E-state index in [9.17, 15) is 0 Å². The molecule has 0 unspecified atom stereocenters. The highest BCUT2D eigenvalue weighted by Crippen LogP contribution is 2.11. The minimum atomic E-state index is 0.879. The van der Waals surface area contributed by atoms with Crippen molar-refractivity contribution in [3.05, 3.63) is 17.0 Å². The molecule has 0 atom stereocenters. The molecule has 126 valence electrons. The molecule has 0 bridgehead atoms. The molecule has 0 aliphatic carbocycles. The lowest BCUT2D eigenvalue weighted by atomic mass is 10.1. The van der Waals surface area contributed by atoms with Gasteiger partial charge in [0.25, 0.3) is 0 Å². The third kappa shape index (κ3) is 6.30. The van der Waals surface area contributed by atoms with E-state index in [1.54, 1.807) is 0 Å². The Labute approximate surface area is 139 Å². The number of aromatic nitrogens is 2. The molecule has 0 saturated heterocycles. The number of hydrogen-bond acceptors (Lipinski definition) is 3. The number of nitrogens with zero attached hydrogens (tertiary/aromatic N) is 3. The van der Waals surface area contributed by atoms with Crippen molar-refractivity contribution in [2.24, 2.45) is 12.0 Å². The van der Waals surface area contributed by atoms with Crippen molar-refractivity contribution in [2.75, 3.05) is 31.6 Å². The number of aryl methyl sites for hydroxylation is 2. The van der Waals surface area contributed by atoms with Gasteiger partial charge in [-0.1, -0.05) is 0 Å². The number of rotatable bonds is 9. The van der Waals surface area contributed by atoms with Gasteiger partial charge in [-0.2, -0.15) is 16.9 Å². The molecule has 1 rings (SSSR count). The van der Waals surface area contributed by atoms with Gasteiger partial charge in [0.05, 0.1) is 5.69 Å². The lowest BCUT2D eigenvalue weighted by molar-refractivity contribution is 0.728. The Hall–Kier alpha value is -1.17. The van der Waals surface area contributed by atoms with Crippen LogP contribution in [0.3, 0.4) is 0 Å². The van der Waals surface area contributed by atoms with Gasteiger partial charge in [0.15, 0.2) is 5.96 Å². The maximum Gasteiger partial charge on any atom is 0.191 e. The van der Waals surface area contributed by atoms with Gasteiger partial charge in [0.1, 0.15) is 0 Å². The van der Waals surface area contributed by atoms with E-state index < -0.39 is 0 Å². The summed E-state index contributed by atoms with van der Waals surface area (Å²) in [7, 11) is 2.00. The first-order chi connectivity index (χ1) is 10.6. The molecule has 0 amide bonds. The average Bonchev–Trinajstić information content (AvgIpc) is 2.73. The minimum Gasteiger partial charge on any atom is -0.357 e. The van der Waals surface area contributed by atoms with Crippen LogP contribution in [0.15, 0.2) is 4.99 Å². The molecule has 5 nitrogen and oxygen atoms in total. The molecule has 0 radical (unpaired) electrons. The second-order valence-corrected chi connectivity index (χ2v) is 6.40. The highest BCUT2D eigenvalue weighted by Gasteiger charge is 2.08. The maximum atomic E-state index is 4.63. The second kappa shape index (κ2) is 10.5. The maximum absolute atomic E-state index is 4.63. The van der Waals surface area contributed by atoms with Crippen molar-refractivity contribution in [2.45, 2.75) is 40.0 Å².